The maximum atomic E-state index is 14.1. The largest absolute Gasteiger partial charge is 0.494 e. The van der Waals surface area contributed by atoms with E-state index in [9.17, 15) is 8.78 Å². The van der Waals surface area contributed by atoms with E-state index in [0.29, 0.717) is 11.3 Å². The second kappa shape index (κ2) is 6.18. The van der Waals surface area contributed by atoms with Gasteiger partial charge in [-0.1, -0.05) is 38.0 Å². The molecular formula is C16H20F2O. The topological polar surface area (TPSA) is 9.23 Å². The summed E-state index contributed by atoms with van der Waals surface area (Å²) in [6, 6.07) is 3.34. The molecule has 1 aromatic carbocycles. The van der Waals surface area contributed by atoms with Crippen LogP contribution < -0.4 is 0 Å². The Balaban J connectivity index is 2.18. The zero-order valence-electron chi connectivity index (χ0n) is 11.3. The fraction of sp³-hybridized carbons (Fsp3) is 0.500. The highest BCUT2D eigenvalue weighted by Gasteiger charge is 2.22. The van der Waals surface area contributed by atoms with Crippen molar-refractivity contribution in [2.24, 2.45) is 0 Å². The van der Waals surface area contributed by atoms with Gasteiger partial charge in [0.2, 0.25) is 0 Å². The number of hydrogen-bond acceptors (Lipinski definition) is 1. The molecule has 2 rings (SSSR count). The van der Waals surface area contributed by atoms with E-state index < -0.39 is 11.6 Å². The molecule has 0 amide bonds. The maximum Gasteiger partial charge on any atom is 0.165 e. The van der Waals surface area contributed by atoms with Gasteiger partial charge in [-0.3, -0.25) is 0 Å². The summed E-state index contributed by atoms with van der Waals surface area (Å²) < 4.78 is 33.2. The summed E-state index contributed by atoms with van der Waals surface area (Å²) in [4.78, 5) is 0. The van der Waals surface area contributed by atoms with Crippen LogP contribution >= 0.6 is 0 Å². The Morgan fingerprint density at radius 2 is 1.89 bits per heavy atom. The third kappa shape index (κ3) is 3.34. The van der Waals surface area contributed by atoms with Crippen molar-refractivity contribution in [1.29, 1.82) is 0 Å². The Labute approximate surface area is 113 Å². The minimum Gasteiger partial charge on any atom is -0.494 e. The molecule has 1 aromatic rings. The van der Waals surface area contributed by atoms with Crippen LogP contribution in [0.3, 0.4) is 0 Å². The number of ether oxygens (including phenoxy) is 1. The molecular weight excluding hydrogens is 246 g/mol. The van der Waals surface area contributed by atoms with Crippen LogP contribution in [0.4, 0.5) is 8.78 Å². The van der Waals surface area contributed by atoms with Crippen LogP contribution in [-0.4, -0.2) is 0 Å². The Bertz CT molecular complexity index is 462. The first-order valence-corrected chi connectivity index (χ1v) is 6.84. The second-order valence-corrected chi connectivity index (χ2v) is 5.27. The lowest BCUT2D eigenvalue weighted by Crippen LogP contribution is -2.09. The number of rotatable bonds is 4. The van der Waals surface area contributed by atoms with Crippen molar-refractivity contribution in [2.75, 3.05) is 0 Å². The van der Waals surface area contributed by atoms with E-state index in [1.54, 1.807) is 19.1 Å². The summed E-state index contributed by atoms with van der Waals surface area (Å²) in [6.45, 7) is 5.29. The van der Waals surface area contributed by atoms with Gasteiger partial charge in [0.05, 0.1) is 5.76 Å². The van der Waals surface area contributed by atoms with Gasteiger partial charge in [0, 0.05) is 5.56 Å². The fourth-order valence-electron chi connectivity index (χ4n) is 2.65. The van der Waals surface area contributed by atoms with Gasteiger partial charge in [0.15, 0.2) is 11.6 Å². The Morgan fingerprint density at radius 3 is 2.53 bits per heavy atom. The van der Waals surface area contributed by atoms with Crippen molar-refractivity contribution in [1.82, 2.24) is 0 Å². The van der Waals surface area contributed by atoms with Gasteiger partial charge in [-0.25, -0.2) is 8.78 Å². The average molecular weight is 266 g/mol. The summed E-state index contributed by atoms with van der Waals surface area (Å²) in [7, 11) is 0. The zero-order chi connectivity index (χ0) is 13.8. The first kappa shape index (κ1) is 14.0. The SMILES string of the molecule is C=C(C)OCc1ccc(C2CCCCC2)c(F)c1F. The van der Waals surface area contributed by atoms with Crippen molar-refractivity contribution < 1.29 is 13.5 Å². The molecule has 0 spiro atoms. The average Bonchev–Trinajstić information content (AvgIpc) is 2.41. The zero-order valence-corrected chi connectivity index (χ0v) is 11.3. The van der Waals surface area contributed by atoms with Crippen molar-refractivity contribution in [3.05, 3.63) is 47.2 Å². The predicted molar refractivity (Wildman–Crippen MR) is 71.8 cm³/mol. The van der Waals surface area contributed by atoms with Crippen LogP contribution in [0.5, 0.6) is 0 Å². The standard InChI is InChI=1S/C16H20F2O/c1-11(2)19-10-13-8-9-14(16(18)15(13)17)12-6-4-3-5-7-12/h8-9,12H,1,3-7,10H2,2H3. The molecule has 0 radical (unpaired) electrons. The normalized spacial score (nSPS) is 16.4. The van der Waals surface area contributed by atoms with E-state index in [4.69, 9.17) is 4.74 Å². The summed E-state index contributed by atoms with van der Waals surface area (Å²) in [5.74, 6) is -0.811. The summed E-state index contributed by atoms with van der Waals surface area (Å²) in [5.41, 5.74) is 0.774. The van der Waals surface area contributed by atoms with Gasteiger partial charge >= 0.3 is 0 Å². The highest BCUT2D eigenvalue weighted by molar-refractivity contribution is 5.29. The number of allylic oxidation sites excluding steroid dienone is 1. The van der Waals surface area contributed by atoms with Crippen LogP contribution in [0, 0.1) is 11.6 Å². The Hall–Kier alpha value is -1.38. The highest BCUT2D eigenvalue weighted by Crippen LogP contribution is 2.35. The maximum absolute atomic E-state index is 14.1. The lowest BCUT2D eigenvalue weighted by molar-refractivity contribution is 0.197. The minimum atomic E-state index is -0.774. The third-order valence-electron chi connectivity index (χ3n) is 3.71. The molecule has 1 aliphatic carbocycles. The number of hydrogen-bond donors (Lipinski definition) is 0. The van der Waals surface area contributed by atoms with Gasteiger partial charge in [-0.05, 0) is 31.2 Å². The van der Waals surface area contributed by atoms with Crippen LogP contribution in [0.1, 0.15) is 56.1 Å². The van der Waals surface area contributed by atoms with E-state index in [-0.39, 0.29) is 18.1 Å². The smallest absolute Gasteiger partial charge is 0.165 e. The minimum absolute atomic E-state index is 0.0308. The van der Waals surface area contributed by atoms with Gasteiger partial charge in [0.25, 0.3) is 0 Å². The van der Waals surface area contributed by atoms with E-state index in [0.717, 1.165) is 25.7 Å². The summed E-state index contributed by atoms with van der Waals surface area (Å²) in [6.07, 6.45) is 5.32. The molecule has 1 nitrogen and oxygen atoms in total. The van der Waals surface area contributed by atoms with Gasteiger partial charge in [0.1, 0.15) is 6.61 Å². The molecule has 0 aliphatic heterocycles. The molecule has 104 valence electrons. The molecule has 0 atom stereocenters. The molecule has 0 unspecified atom stereocenters. The van der Waals surface area contributed by atoms with Crippen molar-refractivity contribution in [2.45, 2.75) is 51.6 Å². The van der Waals surface area contributed by atoms with Crippen LogP contribution in [-0.2, 0) is 11.3 Å². The van der Waals surface area contributed by atoms with Crippen LogP contribution in [0.25, 0.3) is 0 Å². The van der Waals surface area contributed by atoms with Gasteiger partial charge in [-0.2, -0.15) is 0 Å². The Morgan fingerprint density at radius 1 is 1.21 bits per heavy atom. The van der Waals surface area contributed by atoms with Crippen molar-refractivity contribution >= 4 is 0 Å². The Kier molecular flexibility index (Phi) is 4.56. The first-order chi connectivity index (χ1) is 9.09. The number of halogens is 2. The third-order valence-corrected chi connectivity index (χ3v) is 3.71. The van der Waals surface area contributed by atoms with Gasteiger partial charge in [-0.15, -0.1) is 0 Å². The van der Waals surface area contributed by atoms with E-state index in [2.05, 4.69) is 6.58 Å². The second-order valence-electron chi connectivity index (χ2n) is 5.27. The molecule has 0 N–H and O–H groups in total. The number of benzene rings is 1. The summed E-state index contributed by atoms with van der Waals surface area (Å²) >= 11 is 0. The lowest BCUT2D eigenvalue weighted by Gasteiger charge is -2.23. The molecule has 0 bridgehead atoms. The van der Waals surface area contributed by atoms with Crippen LogP contribution in [0.15, 0.2) is 24.5 Å². The highest BCUT2D eigenvalue weighted by atomic mass is 19.2. The predicted octanol–water partition coefficient (Wildman–Crippen LogP) is 5.06. The quantitative estimate of drug-likeness (QED) is 0.692. The fourth-order valence-corrected chi connectivity index (χ4v) is 2.65. The van der Waals surface area contributed by atoms with E-state index in [1.165, 1.54) is 6.42 Å². The molecule has 19 heavy (non-hydrogen) atoms. The molecule has 0 aromatic heterocycles. The van der Waals surface area contributed by atoms with Crippen LogP contribution in [0.2, 0.25) is 0 Å². The molecule has 1 aliphatic rings. The van der Waals surface area contributed by atoms with E-state index in [1.807, 2.05) is 0 Å². The monoisotopic (exact) mass is 266 g/mol. The van der Waals surface area contributed by atoms with Crippen molar-refractivity contribution in [3.63, 3.8) is 0 Å². The molecule has 0 heterocycles. The molecule has 1 saturated carbocycles. The lowest BCUT2D eigenvalue weighted by atomic mass is 9.83. The van der Waals surface area contributed by atoms with Gasteiger partial charge < -0.3 is 4.74 Å². The molecule has 0 saturated heterocycles. The molecule has 1 fully saturated rings. The summed E-state index contributed by atoms with van der Waals surface area (Å²) in [5, 5.41) is 0. The van der Waals surface area contributed by atoms with Crippen molar-refractivity contribution in [3.8, 4) is 0 Å². The molecule has 3 heteroatoms. The first-order valence-electron chi connectivity index (χ1n) is 6.84. The van der Waals surface area contributed by atoms with E-state index >= 15 is 0 Å².